The molecule has 4 nitrogen and oxygen atoms in total. The molecule has 0 aliphatic rings. The van der Waals surface area contributed by atoms with E-state index in [1.807, 2.05) is 32.9 Å². The van der Waals surface area contributed by atoms with Gasteiger partial charge in [-0.15, -0.1) is 0 Å². The maximum Gasteiger partial charge on any atom is 0.315 e. The van der Waals surface area contributed by atoms with Gasteiger partial charge in [0.1, 0.15) is 6.42 Å². The number of ether oxygens (including phenoxy) is 1. The van der Waals surface area contributed by atoms with Gasteiger partial charge in [-0.3, -0.25) is 9.59 Å². The Morgan fingerprint density at radius 3 is 2.11 bits per heavy atom. The second kappa shape index (κ2) is 5.67. The van der Waals surface area contributed by atoms with E-state index in [-0.39, 0.29) is 12.3 Å². The number of methoxy groups -OCH3 is 1. The monoisotopic (exact) mass is 249 g/mol. The van der Waals surface area contributed by atoms with Crippen LogP contribution in [0.15, 0.2) is 12.1 Å². The lowest BCUT2D eigenvalue weighted by molar-refractivity contribution is -0.143. The van der Waals surface area contributed by atoms with Gasteiger partial charge in [-0.25, -0.2) is 0 Å². The molecule has 18 heavy (non-hydrogen) atoms. The van der Waals surface area contributed by atoms with Crippen LogP contribution in [0.5, 0.6) is 0 Å². The van der Waals surface area contributed by atoms with Crippen LogP contribution in [-0.4, -0.2) is 26.0 Å². The summed E-state index contributed by atoms with van der Waals surface area (Å²) >= 11 is 0. The van der Waals surface area contributed by atoms with Gasteiger partial charge in [0, 0.05) is 12.7 Å². The number of hydrogen-bond acceptors (Lipinski definition) is 3. The molecule has 0 aliphatic heterocycles. The Hall–Kier alpha value is -1.84. The van der Waals surface area contributed by atoms with Crippen molar-refractivity contribution in [2.45, 2.75) is 27.2 Å². The first kappa shape index (κ1) is 14.2. The maximum atomic E-state index is 11.9. The molecule has 0 aliphatic carbocycles. The Labute approximate surface area is 108 Å². The quantitative estimate of drug-likeness (QED) is 0.609. The van der Waals surface area contributed by atoms with Crippen LogP contribution in [-0.2, 0) is 14.3 Å². The molecule has 0 N–H and O–H groups in total. The molecule has 98 valence electrons. The van der Waals surface area contributed by atoms with E-state index in [9.17, 15) is 9.59 Å². The third kappa shape index (κ3) is 3.09. The van der Waals surface area contributed by atoms with E-state index < -0.39 is 5.97 Å². The average molecular weight is 249 g/mol. The van der Waals surface area contributed by atoms with Crippen molar-refractivity contribution < 1.29 is 14.3 Å². The van der Waals surface area contributed by atoms with Crippen LogP contribution >= 0.6 is 0 Å². The Kier molecular flexibility index (Phi) is 4.48. The Morgan fingerprint density at radius 2 is 1.67 bits per heavy atom. The molecule has 0 aromatic heterocycles. The highest BCUT2D eigenvalue weighted by Gasteiger charge is 2.18. The van der Waals surface area contributed by atoms with E-state index in [2.05, 4.69) is 4.74 Å². The van der Waals surface area contributed by atoms with Crippen LogP contribution < -0.4 is 4.90 Å². The lowest BCUT2D eigenvalue weighted by Gasteiger charge is -2.22. The molecule has 0 unspecified atom stereocenters. The number of rotatable bonds is 3. The summed E-state index contributed by atoms with van der Waals surface area (Å²) in [5, 5.41) is 0. The first-order chi connectivity index (χ1) is 8.36. The molecule has 1 amide bonds. The van der Waals surface area contributed by atoms with Gasteiger partial charge in [0.25, 0.3) is 0 Å². The molecule has 0 atom stereocenters. The molecule has 0 heterocycles. The van der Waals surface area contributed by atoms with E-state index in [1.54, 1.807) is 7.05 Å². The van der Waals surface area contributed by atoms with E-state index in [0.717, 1.165) is 22.4 Å². The van der Waals surface area contributed by atoms with Crippen molar-refractivity contribution in [2.24, 2.45) is 0 Å². The second-order valence-corrected chi connectivity index (χ2v) is 4.45. The summed E-state index contributed by atoms with van der Waals surface area (Å²) in [6.07, 6.45) is -0.236. The average Bonchev–Trinajstić information content (AvgIpc) is 2.27. The molecule has 0 fully saturated rings. The zero-order valence-corrected chi connectivity index (χ0v) is 11.5. The lowest BCUT2D eigenvalue weighted by atomic mass is 10.0. The fraction of sp³-hybridized carbons (Fsp3) is 0.429. The molecule has 4 heteroatoms. The van der Waals surface area contributed by atoms with Gasteiger partial charge in [0.05, 0.1) is 7.11 Å². The highest BCUT2D eigenvalue weighted by atomic mass is 16.5. The number of benzene rings is 1. The van der Waals surface area contributed by atoms with Crippen molar-refractivity contribution in [2.75, 3.05) is 19.1 Å². The minimum atomic E-state index is -0.519. The van der Waals surface area contributed by atoms with Crippen LogP contribution in [0, 0.1) is 20.8 Å². The summed E-state index contributed by atoms with van der Waals surface area (Å²) in [7, 11) is 2.95. The van der Waals surface area contributed by atoms with Crippen LogP contribution in [0.4, 0.5) is 5.69 Å². The molecule has 0 saturated carbocycles. The number of carbonyl (C=O) groups is 2. The highest BCUT2D eigenvalue weighted by Crippen LogP contribution is 2.25. The maximum absolute atomic E-state index is 11.9. The van der Waals surface area contributed by atoms with Gasteiger partial charge in [-0.05, 0) is 31.9 Å². The highest BCUT2D eigenvalue weighted by molar-refractivity contribution is 6.03. The smallest absolute Gasteiger partial charge is 0.315 e. The first-order valence-electron chi connectivity index (χ1n) is 5.78. The van der Waals surface area contributed by atoms with E-state index in [1.165, 1.54) is 12.0 Å². The van der Waals surface area contributed by atoms with Crippen molar-refractivity contribution in [1.29, 1.82) is 0 Å². The third-order valence-corrected chi connectivity index (χ3v) is 2.87. The zero-order valence-electron chi connectivity index (χ0n) is 11.5. The Balaban J connectivity index is 3.00. The number of aryl methyl sites for hydroxylation is 3. The predicted octanol–water partition coefficient (Wildman–Crippen LogP) is 2.14. The first-order valence-corrected chi connectivity index (χ1v) is 5.78. The number of esters is 1. The van der Waals surface area contributed by atoms with Gasteiger partial charge >= 0.3 is 5.97 Å². The predicted molar refractivity (Wildman–Crippen MR) is 70.7 cm³/mol. The number of carbonyl (C=O) groups excluding carboxylic acids is 2. The molecule has 0 spiro atoms. The van der Waals surface area contributed by atoms with Crippen molar-refractivity contribution in [3.05, 3.63) is 28.8 Å². The standard InChI is InChI=1S/C14H19NO3/c1-9-6-10(2)14(11(3)7-9)15(4)12(16)8-13(17)18-5/h6-7H,8H2,1-5H3. The summed E-state index contributed by atoms with van der Waals surface area (Å²) in [4.78, 5) is 24.6. The third-order valence-electron chi connectivity index (χ3n) is 2.87. The van der Waals surface area contributed by atoms with Crippen LogP contribution in [0.1, 0.15) is 23.1 Å². The largest absolute Gasteiger partial charge is 0.469 e. The summed E-state index contributed by atoms with van der Waals surface area (Å²) < 4.78 is 4.50. The van der Waals surface area contributed by atoms with Crippen LogP contribution in [0.2, 0.25) is 0 Å². The molecule has 0 bridgehead atoms. The van der Waals surface area contributed by atoms with Crippen LogP contribution in [0.25, 0.3) is 0 Å². The van der Waals surface area contributed by atoms with Crippen LogP contribution in [0.3, 0.4) is 0 Å². The number of hydrogen-bond donors (Lipinski definition) is 0. The summed E-state index contributed by atoms with van der Waals surface area (Å²) in [5.74, 6) is -0.786. The fourth-order valence-corrected chi connectivity index (χ4v) is 2.14. The lowest BCUT2D eigenvalue weighted by Crippen LogP contribution is -2.29. The SMILES string of the molecule is COC(=O)CC(=O)N(C)c1c(C)cc(C)cc1C. The summed E-state index contributed by atoms with van der Waals surface area (Å²) in [5.41, 5.74) is 4.05. The van der Waals surface area contributed by atoms with Crippen molar-refractivity contribution >= 4 is 17.6 Å². The van der Waals surface area contributed by atoms with Gasteiger partial charge in [-0.2, -0.15) is 0 Å². The minimum absolute atomic E-state index is 0.236. The molecule has 1 aromatic rings. The fourth-order valence-electron chi connectivity index (χ4n) is 2.14. The molecule has 0 radical (unpaired) electrons. The van der Waals surface area contributed by atoms with Crippen molar-refractivity contribution in [3.8, 4) is 0 Å². The molecule has 1 rings (SSSR count). The van der Waals surface area contributed by atoms with Gasteiger partial charge in [0.15, 0.2) is 0 Å². The van der Waals surface area contributed by atoms with E-state index in [4.69, 9.17) is 0 Å². The van der Waals surface area contributed by atoms with Crippen molar-refractivity contribution in [1.82, 2.24) is 0 Å². The number of amides is 1. The van der Waals surface area contributed by atoms with E-state index >= 15 is 0 Å². The molecule has 0 saturated heterocycles. The van der Waals surface area contributed by atoms with Gasteiger partial charge in [0.2, 0.25) is 5.91 Å². The van der Waals surface area contributed by atoms with Gasteiger partial charge < -0.3 is 9.64 Å². The summed E-state index contributed by atoms with van der Waals surface area (Å²) in [6, 6.07) is 4.04. The normalized spacial score (nSPS) is 10.1. The Bertz CT molecular complexity index is 457. The number of anilines is 1. The zero-order chi connectivity index (χ0) is 13.9. The minimum Gasteiger partial charge on any atom is -0.469 e. The molecular formula is C14H19NO3. The summed E-state index contributed by atoms with van der Waals surface area (Å²) in [6.45, 7) is 5.93. The second-order valence-electron chi connectivity index (χ2n) is 4.45. The molecular weight excluding hydrogens is 230 g/mol. The molecule has 1 aromatic carbocycles. The topological polar surface area (TPSA) is 46.6 Å². The Morgan fingerprint density at radius 1 is 1.17 bits per heavy atom. The van der Waals surface area contributed by atoms with Crippen molar-refractivity contribution in [3.63, 3.8) is 0 Å². The van der Waals surface area contributed by atoms with E-state index in [0.29, 0.717) is 0 Å². The number of nitrogens with zero attached hydrogens (tertiary/aromatic N) is 1. The van der Waals surface area contributed by atoms with Gasteiger partial charge in [-0.1, -0.05) is 17.7 Å².